The Morgan fingerprint density at radius 3 is 2.52 bits per heavy atom. The Bertz CT molecular complexity index is 1140. The number of carbonyl (C=O) groups excluding carboxylic acids is 1. The maximum absolute atomic E-state index is 12.7. The predicted octanol–water partition coefficient (Wildman–Crippen LogP) is 4.49. The summed E-state index contributed by atoms with van der Waals surface area (Å²) >= 11 is 0. The van der Waals surface area contributed by atoms with Crippen LogP contribution in [0.15, 0.2) is 53.6 Å². The van der Waals surface area contributed by atoms with E-state index < -0.39 is 0 Å². The van der Waals surface area contributed by atoms with Gasteiger partial charge in [0.05, 0.1) is 36.5 Å². The van der Waals surface area contributed by atoms with Gasteiger partial charge in [0, 0.05) is 13.0 Å². The summed E-state index contributed by atoms with van der Waals surface area (Å²) in [6, 6.07) is 12.9. The van der Waals surface area contributed by atoms with E-state index in [0.29, 0.717) is 55.0 Å². The van der Waals surface area contributed by atoms with Gasteiger partial charge in [-0.25, -0.2) is 4.98 Å². The third-order valence-corrected chi connectivity index (χ3v) is 5.44. The molecule has 176 valence electrons. The molecule has 33 heavy (non-hydrogen) atoms. The molecule has 0 aliphatic heterocycles. The van der Waals surface area contributed by atoms with Crippen LogP contribution in [0.3, 0.4) is 0 Å². The normalized spacial score (nSPS) is 12.0. The third kappa shape index (κ3) is 6.12. The number of benzene rings is 2. The number of nitrogens with one attached hydrogen (secondary N) is 1. The molecule has 0 saturated heterocycles. The fourth-order valence-corrected chi connectivity index (χ4v) is 3.82. The Balaban J connectivity index is 1.65. The number of aryl methyl sites for hydroxylation is 1. The lowest BCUT2D eigenvalue weighted by atomic mass is 9.95. The zero-order valence-electron chi connectivity index (χ0n) is 19.8. The summed E-state index contributed by atoms with van der Waals surface area (Å²) in [5.41, 5.74) is 1.57. The minimum atomic E-state index is -0.155. The van der Waals surface area contributed by atoms with Crippen LogP contribution in [0.1, 0.15) is 52.1 Å². The van der Waals surface area contributed by atoms with Gasteiger partial charge in [-0.3, -0.25) is 14.2 Å². The quantitative estimate of drug-likeness (QED) is 0.465. The van der Waals surface area contributed by atoms with E-state index in [1.165, 1.54) is 0 Å². The van der Waals surface area contributed by atoms with Gasteiger partial charge in [0.15, 0.2) is 11.5 Å². The van der Waals surface area contributed by atoms with Crippen molar-refractivity contribution in [2.75, 3.05) is 13.2 Å². The van der Waals surface area contributed by atoms with E-state index in [2.05, 4.69) is 24.1 Å². The average Bonchev–Trinajstić information content (AvgIpc) is 2.80. The molecule has 1 heterocycles. The summed E-state index contributed by atoms with van der Waals surface area (Å²) in [7, 11) is 0. The number of ether oxygens (including phenoxy) is 2. The summed E-state index contributed by atoms with van der Waals surface area (Å²) in [5.74, 6) is 1.52. The molecule has 7 nitrogen and oxygen atoms in total. The van der Waals surface area contributed by atoms with Crippen LogP contribution in [-0.2, 0) is 11.3 Å². The van der Waals surface area contributed by atoms with Crippen LogP contribution in [-0.4, -0.2) is 28.7 Å². The van der Waals surface area contributed by atoms with Crippen LogP contribution in [0.2, 0.25) is 0 Å². The van der Waals surface area contributed by atoms with Crippen LogP contribution >= 0.6 is 0 Å². The second kappa shape index (κ2) is 11.5. The second-order valence-corrected chi connectivity index (χ2v) is 8.23. The Morgan fingerprint density at radius 1 is 1.06 bits per heavy atom. The van der Waals surface area contributed by atoms with Crippen molar-refractivity contribution in [2.45, 2.75) is 53.1 Å². The average molecular weight is 452 g/mol. The van der Waals surface area contributed by atoms with Gasteiger partial charge in [0.2, 0.25) is 5.91 Å². The van der Waals surface area contributed by atoms with Crippen LogP contribution < -0.4 is 20.3 Å². The smallest absolute Gasteiger partial charge is 0.261 e. The number of amides is 1. The summed E-state index contributed by atoms with van der Waals surface area (Å²) in [6.45, 7) is 9.53. The van der Waals surface area contributed by atoms with Crippen LogP contribution in [0.25, 0.3) is 10.9 Å². The molecule has 1 aromatic heterocycles. The molecule has 3 rings (SSSR count). The molecule has 3 aromatic rings. The van der Waals surface area contributed by atoms with Crippen LogP contribution in [0.4, 0.5) is 0 Å². The van der Waals surface area contributed by atoms with Crippen molar-refractivity contribution in [1.29, 1.82) is 0 Å². The molecule has 0 aliphatic carbocycles. The SMILES string of the molecule is CCOc1ccc(C(NC(=O)CCCn2cnc3ccccc3c2=O)C(C)C)cc1OCC. The van der Waals surface area contributed by atoms with E-state index in [1.807, 2.05) is 50.2 Å². The largest absolute Gasteiger partial charge is 0.490 e. The van der Waals surface area contributed by atoms with Gasteiger partial charge in [-0.15, -0.1) is 0 Å². The maximum atomic E-state index is 12.7. The van der Waals surface area contributed by atoms with Gasteiger partial charge in [-0.1, -0.05) is 32.0 Å². The maximum Gasteiger partial charge on any atom is 0.261 e. The summed E-state index contributed by atoms with van der Waals surface area (Å²) in [5, 5.41) is 3.73. The van der Waals surface area contributed by atoms with Crippen molar-refractivity contribution in [2.24, 2.45) is 5.92 Å². The Hall–Kier alpha value is -3.35. The molecule has 0 spiro atoms. The topological polar surface area (TPSA) is 82.5 Å². The van der Waals surface area contributed by atoms with Gasteiger partial charge in [-0.05, 0) is 56.0 Å². The van der Waals surface area contributed by atoms with Gasteiger partial charge in [0.1, 0.15) is 0 Å². The number of aromatic nitrogens is 2. The van der Waals surface area contributed by atoms with Gasteiger partial charge in [0.25, 0.3) is 5.56 Å². The Kier molecular flexibility index (Phi) is 8.46. The van der Waals surface area contributed by atoms with E-state index in [9.17, 15) is 9.59 Å². The Morgan fingerprint density at radius 2 is 1.79 bits per heavy atom. The first-order chi connectivity index (χ1) is 15.9. The van der Waals surface area contributed by atoms with Crippen molar-refractivity contribution >= 4 is 16.8 Å². The summed E-state index contributed by atoms with van der Waals surface area (Å²) < 4.78 is 13.0. The molecule has 0 bridgehead atoms. The monoisotopic (exact) mass is 451 g/mol. The van der Waals surface area contributed by atoms with Crippen molar-refractivity contribution in [3.63, 3.8) is 0 Å². The molecule has 7 heteroatoms. The zero-order valence-corrected chi connectivity index (χ0v) is 19.8. The van der Waals surface area contributed by atoms with Crippen molar-refractivity contribution < 1.29 is 14.3 Å². The molecular formula is C26H33N3O4. The standard InChI is InChI=1S/C26H33N3O4/c1-5-32-22-14-13-19(16-23(22)33-6-2)25(18(3)4)28-24(30)12-9-15-29-17-27-21-11-8-7-10-20(21)26(29)31/h7-8,10-11,13-14,16-18,25H,5-6,9,12,15H2,1-4H3,(H,28,30). The lowest BCUT2D eigenvalue weighted by molar-refractivity contribution is -0.122. The first-order valence-corrected chi connectivity index (χ1v) is 11.6. The molecule has 0 fully saturated rings. The molecule has 1 unspecified atom stereocenters. The number of hydrogen-bond acceptors (Lipinski definition) is 5. The molecular weight excluding hydrogens is 418 g/mol. The zero-order chi connectivity index (χ0) is 23.8. The summed E-state index contributed by atoms with van der Waals surface area (Å²) in [4.78, 5) is 29.7. The third-order valence-electron chi connectivity index (χ3n) is 5.44. The first-order valence-electron chi connectivity index (χ1n) is 11.6. The molecule has 2 aromatic carbocycles. The van der Waals surface area contributed by atoms with E-state index >= 15 is 0 Å². The fraction of sp³-hybridized carbons (Fsp3) is 0.423. The number of rotatable bonds is 11. The summed E-state index contributed by atoms with van der Waals surface area (Å²) in [6.07, 6.45) is 2.41. The van der Waals surface area contributed by atoms with E-state index in [0.717, 1.165) is 5.56 Å². The molecule has 1 amide bonds. The van der Waals surface area contributed by atoms with Gasteiger partial charge < -0.3 is 14.8 Å². The Labute approximate surface area is 194 Å². The number of fused-ring (bicyclic) bond motifs is 1. The van der Waals surface area contributed by atoms with Crippen molar-refractivity contribution in [1.82, 2.24) is 14.9 Å². The number of para-hydroxylation sites is 1. The molecule has 0 radical (unpaired) electrons. The molecule has 1 N–H and O–H groups in total. The van der Waals surface area contributed by atoms with E-state index in [-0.39, 0.29) is 23.4 Å². The van der Waals surface area contributed by atoms with Gasteiger partial charge in [-0.2, -0.15) is 0 Å². The lowest BCUT2D eigenvalue weighted by Crippen LogP contribution is -2.32. The highest BCUT2D eigenvalue weighted by atomic mass is 16.5. The molecule has 0 aliphatic rings. The minimum Gasteiger partial charge on any atom is -0.490 e. The van der Waals surface area contributed by atoms with Gasteiger partial charge >= 0.3 is 0 Å². The lowest BCUT2D eigenvalue weighted by Gasteiger charge is -2.24. The number of hydrogen-bond donors (Lipinski definition) is 1. The number of nitrogens with zero attached hydrogens (tertiary/aromatic N) is 2. The number of carbonyl (C=O) groups is 1. The molecule has 1 atom stereocenters. The highest BCUT2D eigenvalue weighted by molar-refractivity contribution is 5.77. The van der Waals surface area contributed by atoms with E-state index in [4.69, 9.17) is 9.47 Å². The second-order valence-electron chi connectivity index (χ2n) is 8.23. The van der Waals surface area contributed by atoms with Crippen molar-refractivity contribution in [3.8, 4) is 11.5 Å². The fourth-order valence-electron chi connectivity index (χ4n) is 3.82. The minimum absolute atomic E-state index is 0.0534. The predicted molar refractivity (Wildman–Crippen MR) is 130 cm³/mol. The highest BCUT2D eigenvalue weighted by Gasteiger charge is 2.20. The van der Waals surface area contributed by atoms with Crippen LogP contribution in [0, 0.1) is 5.92 Å². The van der Waals surface area contributed by atoms with E-state index in [1.54, 1.807) is 17.0 Å². The highest BCUT2D eigenvalue weighted by Crippen LogP contribution is 2.33. The van der Waals surface area contributed by atoms with Crippen molar-refractivity contribution in [3.05, 3.63) is 64.7 Å². The first kappa shape index (κ1) is 24.3. The molecule has 0 saturated carbocycles. The van der Waals surface area contributed by atoms with Crippen LogP contribution in [0.5, 0.6) is 11.5 Å².